The first-order chi connectivity index (χ1) is 10.8. The first-order valence-electron chi connectivity index (χ1n) is 7.00. The lowest BCUT2D eigenvalue weighted by atomic mass is 10.2. The Kier molecular flexibility index (Phi) is 4.96. The van der Waals surface area contributed by atoms with Crippen LogP contribution in [0.5, 0.6) is 11.5 Å². The smallest absolute Gasteiger partial charge is 0.267 e. The standard InChI is InChI=1S/C19H15IO2/c20-16-13-11-15(12-14-16)19(21-17-7-3-1-4-8-17)22-18-9-5-2-6-10-18/h1-14,19H. The molecule has 2 nitrogen and oxygen atoms in total. The van der Waals surface area contributed by atoms with Crippen LogP contribution in [0.25, 0.3) is 0 Å². The van der Waals surface area contributed by atoms with E-state index in [1.165, 1.54) is 3.57 Å². The highest BCUT2D eigenvalue weighted by atomic mass is 127. The van der Waals surface area contributed by atoms with Crippen LogP contribution >= 0.6 is 22.6 Å². The van der Waals surface area contributed by atoms with Crippen LogP contribution in [0.2, 0.25) is 0 Å². The van der Waals surface area contributed by atoms with Crippen molar-refractivity contribution in [2.75, 3.05) is 0 Å². The third-order valence-corrected chi connectivity index (χ3v) is 3.83. The largest absolute Gasteiger partial charge is 0.451 e. The van der Waals surface area contributed by atoms with E-state index < -0.39 is 6.29 Å². The maximum Gasteiger partial charge on any atom is 0.267 e. The topological polar surface area (TPSA) is 18.5 Å². The van der Waals surface area contributed by atoms with E-state index in [1.807, 2.05) is 84.9 Å². The molecule has 0 aliphatic carbocycles. The van der Waals surface area contributed by atoms with Crippen molar-refractivity contribution in [2.24, 2.45) is 0 Å². The second kappa shape index (κ2) is 7.31. The highest BCUT2D eigenvalue weighted by Crippen LogP contribution is 2.26. The van der Waals surface area contributed by atoms with Gasteiger partial charge in [-0.2, -0.15) is 0 Å². The van der Waals surface area contributed by atoms with E-state index in [0.717, 1.165) is 17.1 Å². The van der Waals surface area contributed by atoms with Gasteiger partial charge in [-0.3, -0.25) is 0 Å². The summed E-state index contributed by atoms with van der Waals surface area (Å²) in [6.45, 7) is 0. The average molecular weight is 402 g/mol. The normalized spacial score (nSPS) is 10.5. The molecule has 0 radical (unpaired) electrons. The number of hydrogen-bond acceptors (Lipinski definition) is 2. The summed E-state index contributed by atoms with van der Waals surface area (Å²) < 4.78 is 13.2. The summed E-state index contributed by atoms with van der Waals surface area (Å²) in [4.78, 5) is 0. The molecule has 0 aromatic heterocycles. The molecule has 0 atom stereocenters. The van der Waals surface area contributed by atoms with Gasteiger partial charge in [0.05, 0.1) is 0 Å². The Morgan fingerprint density at radius 1 is 0.591 bits per heavy atom. The molecule has 3 aromatic carbocycles. The van der Waals surface area contributed by atoms with Gasteiger partial charge in [-0.1, -0.05) is 48.5 Å². The van der Waals surface area contributed by atoms with Crippen LogP contribution in [-0.2, 0) is 0 Å². The minimum Gasteiger partial charge on any atom is -0.451 e. The van der Waals surface area contributed by atoms with Crippen molar-refractivity contribution in [3.05, 3.63) is 94.1 Å². The van der Waals surface area contributed by atoms with E-state index in [0.29, 0.717) is 0 Å². The predicted molar refractivity (Wildman–Crippen MR) is 96.0 cm³/mol. The molecule has 110 valence electrons. The van der Waals surface area contributed by atoms with Crippen molar-refractivity contribution in [1.29, 1.82) is 0 Å². The summed E-state index contributed by atoms with van der Waals surface area (Å²) in [5, 5.41) is 0. The van der Waals surface area contributed by atoms with E-state index in [9.17, 15) is 0 Å². The zero-order valence-electron chi connectivity index (χ0n) is 11.9. The highest BCUT2D eigenvalue weighted by Gasteiger charge is 2.15. The van der Waals surface area contributed by atoms with Gasteiger partial charge >= 0.3 is 0 Å². The molecular formula is C19H15IO2. The minimum absolute atomic E-state index is 0.484. The molecule has 0 bridgehead atoms. The van der Waals surface area contributed by atoms with Gasteiger partial charge in [0.15, 0.2) is 0 Å². The van der Waals surface area contributed by atoms with Crippen molar-refractivity contribution < 1.29 is 9.47 Å². The van der Waals surface area contributed by atoms with Gasteiger partial charge in [-0.25, -0.2) is 0 Å². The Hall–Kier alpha value is -2.01. The van der Waals surface area contributed by atoms with Crippen LogP contribution in [0.4, 0.5) is 0 Å². The second-order valence-corrected chi connectivity index (χ2v) is 5.99. The molecule has 0 amide bonds. The van der Waals surface area contributed by atoms with Crippen molar-refractivity contribution in [3.63, 3.8) is 0 Å². The molecule has 22 heavy (non-hydrogen) atoms. The summed E-state index contributed by atoms with van der Waals surface area (Å²) >= 11 is 2.29. The number of benzene rings is 3. The van der Waals surface area contributed by atoms with Gasteiger partial charge in [0.1, 0.15) is 11.5 Å². The molecule has 0 N–H and O–H groups in total. The molecule has 0 spiro atoms. The summed E-state index contributed by atoms with van der Waals surface area (Å²) in [6, 6.07) is 27.6. The van der Waals surface area contributed by atoms with Crippen LogP contribution in [0.15, 0.2) is 84.9 Å². The maximum absolute atomic E-state index is 6.02. The number of para-hydroxylation sites is 2. The number of hydrogen-bond donors (Lipinski definition) is 0. The van der Waals surface area contributed by atoms with Gasteiger partial charge in [-0.05, 0) is 59.0 Å². The Balaban J connectivity index is 1.86. The third-order valence-electron chi connectivity index (χ3n) is 3.11. The van der Waals surface area contributed by atoms with Crippen LogP contribution < -0.4 is 9.47 Å². The van der Waals surface area contributed by atoms with E-state index in [-0.39, 0.29) is 0 Å². The zero-order valence-corrected chi connectivity index (χ0v) is 14.0. The molecule has 3 aromatic rings. The molecule has 0 unspecified atom stereocenters. The van der Waals surface area contributed by atoms with Gasteiger partial charge in [-0.15, -0.1) is 0 Å². The summed E-state index contributed by atoms with van der Waals surface area (Å²) in [6.07, 6.45) is -0.484. The Labute approximate surface area is 143 Å². The molecule has 0 aliphatic rings. The number of halogens is 1. The third kappa shape index (κ3) is 4.01. The van der Waals surface area contributed by atoms with E-state index in [4.69, 9.17) is 9.47 Å². The zero-order chi connectivity index (χ0) is 15.2. The fraction of sp³-hybridized carbons (Fsp3) is 0.0526. The fourth-order valence-electron chi connectivity index (χ4n) is 2.03. The first kappa shape index (κ1) is 14.9. The van der Waals surface area contributed by atoms with Crippen molar-refractivity contribution in [2.45, 2.75) is 6.29 Å². The van der Waals surface area contributed by atoms with Gasteiger partial charge in [0.2, 0.25) is 0 Å². The van der Waals surface area contributed by atoms with Crippen LogP contribution in [0, 0.1) is 3.57 Å². The quantitative estimate of drug-likeness (QED) is 0.418. The van der Waals surface area contributed by atoms with Crippen molar-refractivity contribution in [3.8, 4) is 11.5 Å². The minimum atomic E-state index is -0.484. The summed E-state index contributed by atoms with van der Waals surface area (Å²) in [5.74, 6) is 1.56. The lowest BCUT2D eigenvalue weighted by molar-refractivity contribution is 0.00381. The van der Waals surface area contributed by atoms with Gasteiger partial charge < -0.3 is 9.47 Å². The lowest BCUT2D eigenvalue weighted by Gasteiger charge is -2.21. The molecule has 0 heterocycles. The molecular weight excluding hydrogens is 387 g/mol. The Morgan fingerprint density at radius 2 is 1.05 bits per heavy atom. The fourth-order valence-corrected chi connectivity index (χ4v) is 2.38. The molecule has 0 saturated carbocycles. The monoisotopic (exact) mass is 402 g/mol. The Bertz CT molecular complexity index is 655. The lowest BCUT2D eigenvalue weighted by Crippen LogP contribution is -2.15. The highest BCUT2D eigenvalue weighted by molar-refractivity contribution is 14.1. The SMILES string of the molecule is Ic1ccc(C(Oc2ccccc2)Oc2ccccc2)cc1. The van der Waals surface area contributed by atoms with Crippen molar-refractivity contribution >= 4 is 22.6 Å². The van der Waals surface area contributed by atoms with Gasteiger partial charge in [0, 0.05) is 9.13 Å². The van der Waals surface area contributed by atoms with E-state index >= 15 is 0 Å². The second-order valence-electron chi connectivity index (χ2n) is 4.75. The molecule has 3 heteroatoms. The summed E-state index contributed by atoms with van der Waals surface area (Å²) in [5.41, 5.74) is 0.980. The number of rotatable bonds is 5. The number of ether oxygens (including phenoxy) is 2. The summed E-state index contributed by atoms with van der Waals surface area (Å²) in [7, 11) is 0. The predicted octanol–water partition coefficient (Wildman–Crippen LogP) is 5.45. The van der Waals surface area contributed by atoms with E-state index in [2.05, 4.69) is 22.6 Å². The van der Waals surface area contributed by atoms with Crippen LogP contribution in [-0.4, -0.2) is 0 Å². The molecule has 0 fully saturated rings. The van der Waals surface area contributed by atoms with Crippen molar-refractivity contribution in [1.82, 2.24) is 0 Å². The molecule has 0 saturated heterocycles. The van der Waals surface area contributed by atoms with Crippen LogP contribution in [0.1, 0.15) is 11.9 Å². The first-order valence-corrected chi connectivity index (χ1v) is 8.08. The van der Waals surface area contributed by atoms with Crippen LogP contribution in [0.3, 0.4) is 0 Å². The van der Waals surface area contributed by atoms with E-state index in [1.54, 1.807) is 0 Å². The van der Waals surface area contributed by atoms with Gasteiger partial charge in [0.25, 0.3) is 6.29 Å². The molecule has 0 aliphatic heterocycles. The average Bonchev–Trinajstić information content (AvgIpc) is 2.57. The molecule has 3 rings (SSSR count). The maximum atomic E-state index is 6.02. The Morgan fingerprint density at radius 3 is 1.50 bits per heavy atom.